The third-order valence-corrected chi connectivity index (χ3v) is 3.12. The zero-order chi connectivity index (χ0) is 15.1. The van der Waals surface area contributed by atoms with Gasteiger partial charge in [-0.2, -0.15) is 0 Å². The summed E-state index contributed by atoms with van der Waals surface area (Å²) in [5.74, 6) is -0.201. The second-order valence-electron chi connectivity index (χ2n) is 4.74. The molecule has 0 amide bonds. The lowest BCUT2D eigenvalue weighted by Gasteiger charge is -2.12. The number of imidazole rings is 1. The Bertz CT molecular complexity index is 557. The van der Waals surface area contributed by atoms with Gasteiger partial charge in [0.2, 0.25) is 0 Å². The fraction of sp³-hybridized carbons (Fsp3) is 0.400. The molecule has 5 nitrogen and oxygen atoms in total. The number of nitrogens with two attached hydrogens (primary N) is 1. The third-order valence-electron chi connectivity index (χ3n) is 3.12. The standard InChI is InChI=1S/C15H21FN4O/c1-2-21-15-10-14(13(17)9-12(15)16)19-5-3-4-7-20-8-6-18-11-20/h6,8-11,19H,2-5,7,17H2,1H3. The number of nitrogens with one attached hydrogen (secondary N) is 1. The summed E-state index contributed by atoms with van der Waals surface area (Å²) >= 11 is 0. The molecule has 0 aliphatic heterocycles. The van der Waals surface area contributed by atoms with E-state index in [0.29, 0.717) is 18.0 Å². The van der Waals surface area contributed by atoms with Gasteiger partial charge in [0.25, 0.3) is 0 Å². The van der Waals surface area contributed by atoms with Crippen LogP contribution in [0.4, 0.5) is 15.8 Å². The van der Waals surface area contributed by atoms with Crippen molar-refractivity contribution in [3.63, 3.8) is 0 Å². The average molecular weight is 292 g/mol. The average Bonchev–Trinajstić information content (AvgIpc) is 2.96. The van der Waals surface area contributed by atoms with Gasteiger partial charge in [0.15, 0.2) is 11.6 Å². The van der Waals surface area contributed by atoms with E-state index in [-0.39, 0.29) is 5.75 Å². The van der Waals surface area contributed by atoms with E-state index < -0.39 is 5.82 Å². The molecular formula is C15H21FN4O. The number of benzene rings is 1. The maximum Gasteiger partial charge on any atom is 0.167 e. The Balaban J connectivity index is 1.80. The molecule has 0 bridgehead atoms. The van der Waals surface area contributed by atoms with Gasteiger partial charge in [-0.15, -0.1) is 0 Å². The third kappa shape index (κ3) is 4.37. The molecule has 0 aliphatic rings. The molecule has 2 rings (SSSR count). The molecule has 0 aliphatic carbocycles. The quantitative estimate of drug-likeness (QED) is 0.580. The predicted octanol–water partition coefficient (Wildman–Crippen LogP) is 2.90. The fourth-order valence-corrected chi connectivity index (χ4v) is 2.05. The van der Waals surface area contributed by atoms with Gasteiger partial charge in [0.1, 0.15) is 0 Å². The highest BCUT2D eigenvalue weighted by atomic mass is 19.1. The minimum Gasteiger partial charge on any atom is -0.491 e. The van der Waals surface area contributed by atoms with Crippen molar-refractivity contribution in [3.8, 4) is 5.75 Å². The fourth-order valence-electron chi connectivity index (χ4n) is 2.05. The number of anilines is 2. The van der Waals surface area contributed by atoms with Crippen LogP contribution in [0.5, 0.6) is 5.75 Å². The normalized spacial score (nSPS) is 10.6. The van der Waals surface area contributed by atoms with E-state index in [1.807, 2.05) is 17.7 Å². The molecule has 3 N–H and O–H groups in total. The summed E-state index contributed by atoms with van der Waals surface area (Å²) in [6.45, 7) is 3.95. The maximum absolute atomic E-state index is 13.6. The van der Waals surface area contributed by atoms with E-state index in [0.717, 1.165) is 25.9 Å². The van der Waals surface area contributed by atoms with Gasteiger partial charge in [-0.25, -0.2) is 9.37 Å². The number of nitrogens with zero attached hydrogens (tertiary/aromatic N) is 2. The number of aryl methyl sites for hydroxylation is 1. The lowest BCUT2D eigenvalue weighted by Crippen LogP contribution is -2.07. The van der Waals surface area contributed by atoms with Crippen molar-refractivity contribution in [2.45, 2.75) is 26.3 Å². The van der Waals surface area contributed by atoms with Crippen LogP contribution in [0, 0.1) is 5.82 Å². The maximum atomic E-state index is 13.6. The van der Waals surface area contributed by atoms with Crippen molar-refractivity contribution in [2.75, 3.05) is 24.2 Å². The first-order valence-corrected chi connectivity index (χ1v) is 7.12. The first-order valence-electron chi connectivity index (χ1n) is 7.12. The van der Waals surface area contributed by atoms with Gasteiger partial charge < -0.3 is 20.4 Å². The van der Waals surface area contributed by atoms with E-state index >= 15 is 0 Å². The van der Waals surface area contributed by atoms with Gasteiger partial charge in [0.05, 0.1) is 24.3 Å². The van der Waals surface area contributed by atoms with E-state index in [2.05, 4.69) is 10.3 Å². The van der Waals surface area contributed by atoms with Gasteiger partial charge in [0, 0.05) is 37.6 Å². The van der Waals surface area contributed by atoms with Gasteiger partial charge in [-0.3, -0.25) is 0 Å². The molecular weight excluding hydrogens is 271 g/mol. The number of nitrogen functional groups attached to an aromatic ring is 1. The Morgan fingerprint density at radius 3 is 2.95 bits per heavy atom. The monoisotopic (exact) mass is 292 g/mol. The zero-order valence-corrected chi connectivity index (χ0v) is 12.2. The number of hydrogen-bond acceptors (Lipinski definition) is 4. The van der Waals surface area contributed by atoms with Crippen LogP contribution in [0.25, 0.3) is 0 Å². The molecule has 114 valence electrons. The van der Waals surface area contributed by atoms with Crippen LogP contribution in [0.1, 0.15) is 19.8 Å². The molecule has 1 heterocycles. The Hall–Kier alpha value is -2.24. The Morgan fingerprint density at radius 1 is 1.38 bits per heavy atom. The smallest absolute Gasteiger partial charge is 0.167 e. The van der Waals surface area contributed by atoms with Crippen LogP contribution in [0.3, 0.4) is 0 Å². The van der Waals surface area contributed by atoms with Crippen molar-refractivity contribution in [3.05, 3.63) is 36.7 Å². The lowest BCUT2D eigenvalue weighted by atomic mass is 10.2. The first-order chi connectivity index (χ1) is 10.2. The first kappa shape index (κ1) is 15.2. The number of hydrogen-bond donors (Lipinski definition) is 2. The van der Waals surface area contributed by atoms with Crippen molar-refractivity contribution in [1.29, 1.82) is 0 Å². The molecule has 0 saturated heterocycles. The van der Waals surface area contributed by atoms with Crippen molar-refractivity contribution < 1.29 is 9.13 Å². The molecule has 1 aromatic carbocycles. The Labute approximate surface area is 123 Å². The van der Waals surface area contributed by atoms with Crippen molar-refractivity contribution in [2.24, 2.45) is 0 Å². The molecule has 0 atom stereocenters. The van der Waals surface area contributed by atoms with Gasteiger partial charge in [-0.05, 0) is 19.8 Å². The van der Waals surface area contributed by atoms with Crippen LogP contribution in [0.2, 0.25) is 0 Å². The van der Waals surface area contributed by atoms with Gasteiger partial charge >= 0.3 is 0 Å². The second-order valence-corrected chi connectivity index (χ2v) is 4.74. The Kier molecular flexibility index (Phi) is 5.43. The minimum absolute atomic E-state index is 0.229. The number of halogens is 1. The summed E-state index contributed by atoms with van der Waals surface area (Å²) < 4.78 is 20.8. The number of aromatic nitrogens is 2. The predicted molar refractivity (Wildman–Crippen MR) is 81.9 cm³/mol. The van der Waals surface area contributed by atoms with Crippen LogP contribution in [0.15, 0.2) is 30.9 Å². The van der Waals surface area contributed by atoms with E-state index in [4.69, 9.17) is 10.5 Å². The highest BCUT2D eigenvalue weighted by Crippen LogP contribution is 2.28. The van der Waals surface area contributed by atoms with E-state index in [1.54, 1.807) is 18.6 Å². The molecule has 6 heteroatoms. The molecule has 0 radical (unpaired) electrons. The van der Waals surface area contributed by atoms with Crippen molar-refractivity contribution >= 4 is 11.4 Å². The molecule has 0 fully saturated rings. The highest BCUT2D eigenvalue weighted by molar-refractivity contribution is 5.68. The zero-order valence-electron chi connectivity index (χ0n) is 12.2. The summed E-state index contributed by atoms with van der Waals surface area (Å²) in [6, 6.07) is 2.91. The molecule has 0 spiro atoms. The van der Waals surface area contributed by atoms with E-state index in [1.165, 1.54) is 6.07 Å². The van der Waals surface area contributed by atoms with Crippen molar-refractivity contribution in [1.82, 2.24) is 9.55 Å². The molecule has 1 aromatic heterocycles. The van der Waals surface area contributed by atoms with Crippen LogP contribution < -0.4 is 15.8 Å². The summed E-state index contributed by atoms with van der Waals surface area (Å²) in [5, 5.41) is 3.22. The summed E-state index contributed by atoms with van der Waals surface area (Å²) in [5.41, 5.74) is 6.91. The largest absolute Gasteiger partial charge is 0.491 e. The van der Waals surface area contributed by atoms with E-state index in [9.17, 15) is 4.39 Å². The molecule has 0 unspecified atom stereocenters. The van der Waals surface area contributed by atoms with Crippen LogP contribution in [-0.2, 0) is 6.54 Å². The summed E-state index contributed by atoms with van der Waals surface area (Å²) in [7, 11) is 0. The van der Waals surface area contributed by atoms with Gasteiger partial charge in [-0.1, -0.05) is 0 Å². The number of ether oxygens (including phenoxy) is 1. The summed E-state index contributed by atoms with van der Waals surface area (Å²) in [4.78, 5) is 4.00. The SMILES string of the molecule is CCOc1cc(NCCCCn2ccnc2)c(N)cc1F. The molecule has 2 aromatic rings. The summed E-state index contributed by atoms with van der Waals surface area (Å²) in [6.07, 6.45) is 7.54. The Morgan fingerprint density at radius 2 is 2.24 bits per heavy atom. The second kappa shape index (κ2) is 7.52. The molecule has 21 heavy (non-hydrogen) atoms. The minimum atomic E-state index is -0.431. The lowest BCUT2D eigenvalue weighted by molar-refractivity contribution is 0.322. The highest BCUT2D eigenvalue weighted by Gasteiger charge is 2.08. The van der Waals surface area contributed by atoms with Crippen LogP contribution >= 0.6 is 0 Å². The molecule has 0 saturated carbocycles. The van der Waals surface area contributed by atoms with Crippen LogP contribution in [-0.4, -0.2) is 22.7 Å². The number of rotatable bonds is 8. The number of unbranched alkanes of at least 4 members (excludes halogenated alkanes) is 1. The topological polar surface area (TPSA) is 65.1 Å².